The van der Waals surface area contributed by atoms with Crippen molar-refractivity contribution in [2.24, 2.45) is 0 Å². The number of aromatic amines is 1. The lowest BCUT2D eigenvalue weighted by Gasteiger charge is -2.22. The van der Waals surface area contributed by atoms with Gasteiger partial charge in [-0.1, -0.05) is 0 Å². The molecule has 142 valence electrons. The molecule has 0 bridgehead atoms. The topological polar surface area (TPSA) is 100 Å². The Bertz CT molecular complexity index is 1020. The molecule has 1 amide bonds. The standard InChI is InChI=1S/C19H20N4O3.ClH/c1-11-7-16(13-3-2-6-20-9-13)26-19(25)17(11)18(24)22-14-5-4-12-10-21-23-15(12)8-14;/h4-5,7-8,10,13,20H,2-3,6,9H2,1H3,(H,21,23)(H,22,24);1H. The molecule has 3 N–H and O–H groups in total. The van der Waals surface area contributed by atoms with Gasteiger partial charge in [0.15, 0.2) is 0 Å². The number of nitrogens with one attached hydrogen (secondary N) is 3. The molecule has 1 aliphatic heterocycles. The molecule has 27 heavy (non-hydrogen) atoms. The first-order valence-corrected chi connectivity index (χ1v) is 8.71. The monoisotopic (exact) mass is 388 g/mol. The fourth-order valence-electron chi connectivity index (χ4n) is 3.41. The molecule has 1 aromatic carbocycles. The summed E-state index contributed by atoms with van der Waals surface area (Å²) in [6.07, 6.45) is 3.73. The van der Waals surface area contributed by atoms with Crippen LogP contribution in [0.4, 0.5) is 5.69 Å². The summed E-state index contributed by atoms with van der Waals surface area (Å²) < 4.78 is 5.47. The van der Waals surface area contributed by atoms with Gasteiger partial charge in [-0.25, -0.2) is 4.79 Å². The Hall–Kier alpha value is -2.64. The van der Waals surface area contributed by atoms with Crippen LogP contribution >= 0.6 is 12.4 Å². The summed E-state index contributed by atoms with van der Waals surface area (Å²) in [7, 11) is 0. The first kappa shape index (κ1) is 19.1. The minimum atomic E-state index is -0.592. The summed E-state index contributed by atoms with van der Waals surface area (Å²) in [5.41, 5.74) is 1.48. The number of fused-ring (bicyclic) bond motifs is 1. The van der Waals surface area contributed by atoms with Crippen LogP contribution in [-0.4, -0.2) is 29.2 Å². The average molecular weight is 389 g/mol. The zero-order chi connectivity index (χ0) is 18.1. The van der Waals surface area contributed by atoms with Crippen LogP contribution in [0, 0.1) is 6.92 Å². The highest BCUT2D eigenvalue weighted by atomic mass is 35.5. The largest absolute Gasteiger partial charge is 0.427 e. The van der Waals surface area contributed by atoms with Gasteiger partial charge in [-0.2, -0.15) is 5.10 Å². The maximum Gasteiger partial charge on any atom is 0.349 e. The Morgan fingerprint density at radius 2 is 2.19 bits per heavy atom. The summed E-state index contributed by atoms with van der Waals surface area (Å²) >= 11 is 0. The third-order valence-corrected chi connectivity index (χ3v) is 4.79. The van der Waals surface area contributed by atoms with E-state index in [9.17, 15) is 9.59 Å². The highest BCUT2D eigenvalue weighted by Crippen LogP contribution is 2.24. The van der Waals surface area contributed by atoms with Crippen LogP contribution in [0.3, 0.4) is 0 Å². The SMILES string of the molecule is Cc1cc(C2CCCNC2)oc(=O)c1C(=O)Nc1ccc2cn[nH]c2c1.Cl. The molecule has 0 saturated carbocycles. The van der Waals surface area contributed by atoms with Crippen LogP contribution in [0.1, 0.15) is 40.4 Å². The van der Waals surface area contributed by atoms with Gasteiger partial charge in [-0.3, -0.25) is 9.89 Å². The number of amides is 1. The molecular weight excluding hydrogens is 368 g/mol. The van der Waals surface area contributed by atoms with Crippen LogP contribution < -0.4 is 16.3 Å². The minimum absolute atomic E-state index is 0. The molecule has 4 rings (SSSR count). The van der Waals surface area contributed by atoms with E-state index < -0.39 is 11.5 Å². The summed E-state index contributed by atoms with van der Waals surface area (Å²) in [6, 6.07) is 7.21. The number of benzene rings is 1. The van der Waals surface area contributed by atoms with Gasteiger partial charge < -0.3 is 15.1 Å². The normalized spacial score (nSPS) is 16.7. The molecule has 3 aromatic rings. The second-order valence-corrected chi connectivity index (χ2v) is 6.66. The summed E-state index contributed by atoms with van der Waals surface area (Å²) in [5.74, 6) is 0.355. The molecule has 7 nitrogen and oxygen atoms in total. The lowest BCUT2D eigenvalue weighted by molar-refractivity contribution is 0.102. The molecule has 0 radical (unpaired) electrons. The highest BCUT2D eigenvalue weighted by molar-refractivity contribution is 6.05. The molecule has 2 aromatic heterocycles. The molecule has 0 aliphatic carbocycles. The van der Waals surface area contributed by atoms with Crippen LogP contribution in [-0.2, 0) is 0 Å². The van der Waals surface area contributed by atoms with Crippen molar-refractivity contribution in [3.05, 3.63) is 57.8 Å². The number of carbonyl (C=O) groups excluding carboxylic acids is 1. The van der Waals surface area contributed by atoms with Crippen molar-refractivity contribution in [3.63, 3.8) is 0 Å². The van der Waals surface area contributed by atoms with Crippen molar-refractivity contribution in [2.75, 3.05) is 18.4 Å². The Kier molecular flexibility index (Phi) is 5.62. The van der Waals surface area contributed by atoms with Crippen molar-refractivity contribution < 1.29 is 9.21 Å². The van der Waals surface area contributed by atoms with Crippen molar-refractivity contribution in [1.29, 1.82) is 0 Å². The number of hydrogen-bond acceptors (Lipinski definition) is 5. The van der Waals surface area contributed by atoms with Crippen molar-refractivity contribution >= 4 is 34.9 Å². The van der Waals surface area contributed by atoms with E-state index in [0.717, 1.165) is 36.8 Å². The van der Waals surface area contributed by atoms with Gasteiger partial charge in [0, 0.05) is 23.5 Å². The Balaban J connectivity index is 0.00000210. The molecule has 1 unspecified atom stereocenters. The van der Waals surface area contributed by atoms with E-state index in [1.807, 2.05) is 12.1 Å². The fourth-order valence-corrected chi connectivity index (χ4v) is 3.41. The van der Waals surface area contributed by atoms with Crippen LogP contribution in [0.15, 0.2) is 39.7 Å². The number of piperidine rings is 1. The number of carbonyl (C=O) groups is 1. The number of aromatic nitrogens is 2. The van der Waals surface area contributed by atoms with E-state index in [0.29, 0.717) is 17.0 Å². The summed E-state index contributed by atoms with van der Waals surface area (Å²) in [4.78, 5) is 25.1. The maximum atomic E-state index is 12.6. The van der Waals surface area contributed by atoms with Gasteiger partial charge in [0.05, 0.1) is 11.7 Å². The molecule has 8 heteroatoms. The third kappa shape index (κ3) is 3.89. The lowest BCUT2D eigenvalue weighted by Crippen LogP contribution is -2.30. The first-order chi connectivity index (χ1) is 12.6. The number of halogens is 1. The lowest BCUT2D eigenvalue weighted by atomic mass is 9.95. The molecule has 3 heterocycles. The van der Waals surface area contributed by atoms with E-state index in [1.165, 1.54) is 0 Å². The van der Waals surface area contributed by atoms with Gasteiger partial charge in [0.2, 0.25) is 0 Å². The van der Waals surface area contributed by atoms with E-state index in [2.05, 4.69) is 20.8 Å². The number of hydrogen-bond donors (Lipinski definition) is 3. The van der Waals surface area contributed by atoms with Crippen LogP contribution in [0.25, 0.3) is 10.9 Å². The first-order valence-electron chi connectivity index (χ1n) is 8.71. The molecule has 1 atom stereocenters. The van der Waals surface area contributed by atoms with Crippen LogP contribution in [0.5, 0.6) is 0 Å². The van der Waals surface area contributed by atoms with Gasteiger partial charge in [-0.15, -0.1) is 12.4 Å². The van der Waals surface area contributed by atoms with Gasteiger partial charge in [0.1, 0.15) is 11.3 Å². The fraction of sp³-hybridized carbons (Fsp3) is 0.316. The number of nitrogens with zero attached hydrogens (tertiary/aromatic N) is 1. The van der Waals surface area contributed by atoms with E-state index in [-0.39, 0.29) is 23.9 Å². The minimum Gasteiger partial charge on any atom is -0.427 e. The van der Waals surface area contributed by atoms with Gasteiger partial charge in [-0.05, 0) is 56.1 Å². The Labute approximate surface area is 161 Å². The molecule has 1 saturated heterocycles. The quantitative estimate of drug-likeness (QED) is 0.640. The molecule has 0 spiro atoms. The highest BCUT2D eigenvalue weighted by Gasteiger charge is 2.22. The van der Waals surface area contributed by atoms with E-state index in [4.69, 9.17) is 4.42 Å². The van der Waals surface area contributed by atoms with E-state index >= 15 is 0 Å². The van der Waals surface area contributed by atoms with Crippen molar-refractivity contribution in [3.8, 4) is 0 Å². The molecular formula is C19H21ClN4O3. The third-order valence-electron chi connectivity index (χ3n) is 4.79. The summed E-state index contributed by atoms with van der Waals surface area (Å²) in [5, 5.41) is 13.8. The van der Waals surface area contributed by atoms with Crippen molar-refractivity contribution in [2.45, 2.75) is 25.7 Å². The Morgan fingerprint density at radius 1 is 1.33 bits per heavy atom. The maximum absolute atomic E-state index is 12.6. The summed E-state index contributed by atoms with van der Waals surface area (Å²) in [6.45, 7) is 3.54. The predicted octanol–water partition coefficient (Wildman–Crippen LogP) is 2.97. The Morgan fingerprint density at radius 3 is 2.93 bits per heavy atom. The van der Waals surface area contributed by atoms with Crippen molar-refractivity contribution in [1.82, 2.24) is 15.5 Å². The van der Waals surface area contributed by atoms with Crippen LogP contribution in [0.2, 0.25) is 0 Å². The number of aryl methyl sites for hydroxylation is 1. The van der Waals surface area contributed by atoms with Gasteiger partial charge in [0.25, 0.3) is 5.91 Å². The second-order valence-electron chi connectivity index (χ2n) is 6.66. The number of anilines is 1. The predicted molar refractivity (Wildman–Crippen MR) is 106 cm³/mol. The molecule has 1 aliphatic rings. The zero-order valence-corrected chi connectivity index (χ0v) is 15.7. The smallest absolute Gasteiger partial charge is 0.349 e. The number of rotatable bonds is 3. The zero-order valence-electron chi connectivity index (χ0n) is 14.9. The van der Waals surface area contributed by atoms with E-state index in [1.54, 1.807) is 25.3 Å². The van der Waals surface area contributed by atoms with Gasteiger partial charge >= 0.3 is 5.63 Å². The second kappa shape index (κ2) is 7.94. The average Bonchev–Trinajstić information content (AvgIpc) is 3.09. The molecule has 1 fully saturated rings. The number of H-pyrrole nitrogens is 1.